The molecule has 1 aromatic rings. The van der Waals surface area contributed by atoms with E-state index in [1.807, 2.05) is 12.1 Å². The molecule has 3 aliphatic rings. The monoisotopic (exact) mass is 314 g/mol. The summed E-state index contributed by atoms with van der Waals surface area (Å²) in [4.78, 5) is 6.56. The first-order valence-electron chi connectivity index (χ1n) is 8.02. The fraction of sp³-hybridized carbons (Fsp3) is 0.500. The van der Waals surface area contributed by atoms with Crippen molar-refractivity contribution in [2.75, 3.05) is 20.7 Å². The highest BCUT2D eigenvalue weighted by molar-refractivity contribution is 5.61. The number of hydrogen-bond acceptors (Lipinski definition) is 5. The number of nitrogens with zero attached hydrogens (tertiary/aromatic N) is 2. The Morgan fingerprint density at radius 1 is 1.48 bits per heavy atom. The number of aliphatic hydroxyl groups is 1. The van der Waals surface area contributed by atoms with Crippen molar-refractivity contribution in [1.29, 1.82) is 0 Å². The van der Waals surface area contributed by atoms with Crippen molar-refractivity contribution >= 4 is 6.72 Å². The number of benzene rings is 1. The van der Waals surface area contributed by atoms with E-state index in [0.29, 0.717) is 6.42 Å². The van der Waals surface area contributed by atoms with Crippen LogP contribution in [0.5, 0.6) is 11.5 Å². The van der Waals surface area contributed by atoms with Crippen molar-refractivity contribution in [2.24, 2.45) is 4.99 Å². The van der Waals surface area contributed by atoms with Gasteiger partial charge in [-0.15, -0.1) is 0 Å². The quantitative estimate of drug-likeness (QED) is 0.670. The molecule has 4 rings (SSSR count). The average molecular weight is 314 g/mol. The molecule has 122 valence electrons. The minimum Gasteiger partial charge on any atom is -0.493 e. The Bertz CT molecular complexity index is 687. The average Bonchev–Trinajstić information content (AvgIpc) is 2.82. The molecule has 1 aromatic carbocycles. The summed E-state index contributed by atoms with van der Waals surface area (Å²) in [6.45, 7) is 4.67. The van der Waals surface area contributed by atoms with Crippen LogP contribution in [0.2, 0.25) is 0 Å². The fourth-order valence-electron chi connectivity index (χ4n) is 4.32. The van der Waals surface area contributed by atoms with Crippen LogP contribution in [0.1, 0.15) is 30.1 Å². The van der Waals surface area contributed by atoms with Crippen molar-refractivity contribution in [3.05, 3.63) is 35.4 Å². The first-order valence-corrected chi connectivity index (χ1v) is 8.02. The lowest BCUT2D eigenvalue weighted by molar-refractivity contribution is 0.0811. The molecule has 2 heterocycles. The molecule has 0 saturated carbocycles. The zero-order chi connectivity index (χ0) is 16.2. The van der Waals surface area contributed by atoms with E-state index in [-0.39, 0.29) is 17.7 Å². The van der Waals surface area contributed by atoms with Gasteiger partial charge in [0.1, 0.15) is 12.3 Å². The van der Waals surface area contributed by atoms with E-state index in [2.05, 4.69) is 35.8 Å². The zero-order valence-corrected chi connectivity index (χ0v) is 13.5. The van der Waals surface area contributed by atoms with Crippen LogP contribution >= 0.6 is 0 Å². The van der Waals surface area contributed by atoms with Gasteiger partial charge in [-0.2, -0.15) is 0 Å². The van der Waals surface area contributed by atoms with Crippen molar-refractivity contribution in [2.45, 2.75) is 36.6 Å². The molecule has 1 spiro atoms. The molecule has 0 aromatic heterocycles. The van der Waals surface area contributed by atoms with Crippen molar-refractivity contribution < 1.29 is 14.6 Å². The van der Waals surface area contributed by atoms with Crippen LogP contribution in [-0.2, 0) is 5.41 Å². The van der Waals surface area contributed by atoms with E-state index in [9.17, 15) is 5.11 Å². The minimum atomic E-state index is -0.455. The predicted octanol–water partition coefficient (Wildman–Crippen LogP) is 2.05. The lowest BCUT2D eigenvalue weighted by Gasteiger charge is -2.35. The summed E-state index contributed by atoms with van der Waals surface area (Å²) in [5.74, 6) is 1.55. The maximum Gasteiger partial charge on any atom is 0.166 e. The predicted molar refractivity (Wildman–Crippen MR) is 88.4 cm³/mol. The van der Waals surface area contributed by atoms with Gasteiger partial charge in [-0.1, -0.05) is 18.2 Å². The summed E-state index contributed by atoms with van der Waals surface area (Å²) < 4.78 is 11.8. The maximum absolute atomic E-state index is 10.0. The van der Waals surface area contributed by atoms with Gasteiger partial charge < -0.3 is 14.6 Å². The van der Waals surface area contributed by atoms with Crippen molar-refractivity contribution in [3.8, 4) is 11.5 Å². The number of aliphatic imine (C=N–C) groups is 1. The van der Waals surface area contributed by atoms with Crippen LogP contribution in [-0.4, -0.2) is 49.6 Å². The summed E-state index contributed by atoms with van der Waals surface area (Å²) in [6.07, 6.45) is 4.96. The van der Waals surface area contributed by atoms with E-state index in [1.165, 1.54) is 0 Å². The van der Waals surface area contributed by atoms with Gasteiger partial charge in [0.2, 0.25) is 0 Å². The molecular formula is C18H22N2O3. The molecule has 0 saturated heterocycles. The third-order valence-corrected chi connectivity index (χ3v) is 5.49. The van der Waals surface area contributed by atoms with E-state index in [4.69, 9.17) is 9.47 Å². The second kappa shape index (κ2) is 5.08. The Labute approximate surface area is 136 Å². The van der Waals surface area contributed by atoms with Crippen molar-refractivity contribution in [1.82, 2.24) is 4.90 Å². The Morgan fingerprint density at radius 2 is 2.30 bits per heavy atom. The van der Waals surface area contributed by atoms with Crippen LogP contribution < -0.4 is 9.47 Å². The zero-order valence-electron chi connectivity index (χ0n) is 13.5. The molecule has 1 aliphatic carbocycles. The molecule has 4 atom stereocenters. The van der Waals surface area contributed by atoms with Gasteiger partial charge >= 0.3 is 0 Å². The van der Waals surface area contributed by atoms with Crippen LogP contribution in [0.25, 0.3) is 0 Å². The summed E-state index contributed by atoms with van der Waals surface area (Å²) in [6, 6.07) is 4.02. The highest BCUT2D eigenvalue weighted by atomic mass is 16.5. The van der Waals surface area contributed by atoms with E-state index >= 15 is 0 Å². The molecule has 0 amide bonds. The van der Waals surface area contributed by atoms with Gasteiger partial charge in [0.25, 0.3) is 0 Å². The molecule has 23 heavy (non-hydrogen) atoms. The largest absolute Gasteiger partial charge is 0.493 e. The Morgan fingerprint density at radius 3 is 3.04 bits per heavy atom. The summed E-state index contributed by atoms with van der Waals surface area (Å²) in [7, 11) is 3.73. The molecule has 0 bridgehead atoms. The normalized spacial score (nSPS) is 35.0. The van der Waals surface area contributed by atoms with Gasteiger partial charge in [0, 0.05) is 18.5 Å². The maximum atomic E-state index is 10.0. The second-order valence-corrected chi connectivity index (χ2v) is 6.66. The third-order valence-electron chi connectivity index (χ3n) is 5.49. The van der Waals surface area contributed by atoms with Gasteiger partial charge in [-0.3, -0.25) is 9.89 Å². The number of ether oxygens (including phenoxy) is 2. The first-order chi connectivity index (χ1) is 11.1. The summed E-state index contributed by atoms with van der Waals surface area (Å²) in [5.41, 5.74) is 2.07. The van der Waals surface area contributed by atoms with Gasteiger partial charge in [0.15, 0.2) is 11.5 Å². The Kier molecular flexibility index (Phi) is 3.25. The number of aliphatic hydroxyl groups excluding tert-OH is 1. The summed E-state index contributed by atoms with van der Waals surface area (Å²) in [5, 5.41) is 10.0. The molecule has 0 unspecified atom stereocenters. The number of rotatable bonds is 2. The molecule has 5 heteroatoms. The summed E-state index contributed by atoms with van der Waals surface area (Å²) >= 11 is 0. The van der Waals surface area contributed by atoms with E-state index < -0.39 is 6.10 Å². The highest BCUT2D eigenvalue weighted by Gasteiger charge is 2.53. The number of hydrogen-bond donors (Lipinski definition) is 1. The van der Waals surface area contributed by atoms with Crippen LogP contribution in [0.4, 0.5) is 0 Å². The van der Waals surface area contributed by atoms with E-state index in [1.54, 1.807) is 7.11 Å². The molecular weight excluding hydrogens is 292 g/mol. The smallest absolute Gasteiger partial charge is 0.166 e. The van der Waals surface area contributed by atoms with Crippen LogP contribution in [0.3, 0.4) is 0 Å². The van der Waals surface area contributed by atoms with Gasteiger partial charge in [-0.25, -0.2) is 0 Å². The molecule has 0 fully saturated rings. The standard InChI is InChI=1S/C18H22N2O3/c1-19-17-12-4-5-13(22-3)16-15(12)18(8-9-20(17)2)7-6-11(21)10-14(18)23-16/h4-7,11,14,17,21H,1,8-10H2,2-3H3/t11-,14+,17-,18+/m1/s1. The third kappa shape index (κ3) is 1.90. The number of methoxy groups -OCH3 is 1. The minimum absolute atomic E-state index is 0.0653. The fourth-order valence-corrected chi connectivity index (χ4v) is 4.32. The Hall–Kier alpha value is -1.85. The van der Waals surface area contributed by atoms with E-state index in [0.717, 1.165) is 35.6 Å². The first kappa shape index (κ1) is 14.7. The molecule has 5 nitrogen and oxygen atoms in total. The van der Waals surface area contributed by atoms with Gasteiger partial charge in [-0.05, 0) is 31.8 Å². The lowest BCUT2D eigenvalue weighted by atomic mass is 9.69. The topological polar surface area (TPSA) is 54.3 Å². The SMILES string of the molecule is C=N[C@H]1c2ccc(OC)c3c2[C@@]2(C=C[C@@H](O)C[C@@H]2O3)CCN1C. The van der Waals surface area contributed by atoms with Gasteiger partial charge in [0.05, 0.1) is 18.6 Å². The van der Waals surface area contributed by atoms with Crippen molar-refractivity contribution in [3.63, 3.8) is 0 Å². The lowest BCUT2D eigenvalue weighted by Crippen LogP contribution is -2.42. The molecule has 1 N–H and O–H groups in total. The Balaban J connectivity index is 2.00. The highest BCUT2D eigenvalue weighted by Crippen LogP contribution is 2.57. The van der Waals surface area contributed by atoms with Crippen LogP contribution in [0, 0.1) is 0 Å². The molecule has 0 radical (unpaired) electrons. The van der Waals surface area contributed by atoms with Crippen LogP contribution in [0.15, 0.2) is 29.3 Å². The second-order valence-electron chi connectivity index (χ2n) is 6.66. The molecule has 2 aliphatic heterocycles.